The average molecular weight is 289 g/mol. The van der Waals surface area contributed by atoms with Gasteiger partial charge in [0.25, 0.3) is 0 Å². The summed E-state index contributed by atoms with van der Waals surface area (Å²) in [7, 11) is 0. The molecule has 0 bridgehead atoms. The normalized spacial score (nSPS) is 11.6. The zero-order chi connectivity index (χ0) is 15.6. The van der Waals surface area contributed by atoms with E-state index in [1.54, 1.807) is 20.1 Å². The van der Waals surface area contributed by atoms with E-state index in [1.807, 2.05) is 25.1 Å². The highest BCUT2D eigenvalue weighted by Crippen LogP contribution is 2.22. The Balaban J connectivity index is 2.04. The highest BCUT2D eigenvalue weighted by atomic mass is 16.4. The van der Waals surface area contributed by atoms with Gasteiger partial charge in [-0.05, 0) is 32.4 Å². The molecule has 0 fully saturated rings. The van der Waals surface area contributed by atoms with Crippen LogP contribution < -0.4 is 5.32 Å². The third-order valence-corrected chi connectivity index (χ3v) is 3.47. The Bertz CT molecular complexity index is 685. The lowest BCUT2D eigenvalue weighted by Gasteiger charge is -2.19. The van der Waals surface area contributed by atoms with Crippen molar-refractivity contribution in [3.05, 3.63) is 35.6 Å². The number of hydrogen-bond donors (Lipinski definition) is 2. The van der Waals surface area contributed by atoms with Gasteiger partial charge in [0, 0.05) is 17.5 Å². The zero-order valence-corrected chi connectivity index (χ0v) is 12.4. The molecule has 5 nitrogen and oxygen atoms in total. The minimum Gasteiger partial charge on any atom is -0.481 e. The van der Waals surface area contributed by atoms with E-state index in [2.05, 4.69) is 5.32 Å². The summed E-state index contributed by atoms with van der Waals surface area (Å²) in [5.74, 6) is -1.15. The molecule has 112 valence electrons. The summed E-state index contributed by atoms with van der Waals surface area (Å²) in [5, 5.41) is 12.6. The highest BCUT2D eigenvalue weighted by Gasteiger charge is 2.27. The maximum Gasteiger partial charge on any atom is 0.310 e. The van der Waals surface area contributed by atoms with Gasteiger partial charge in [0.15, 0.2) is 0 Å². The molecule has 2 rings (SSSR count). The molecule has 0 radical (unpaired) electrons. The first-order valence-electron chi connectivity index (χ1n) is 6.76. The first-order valence-corrected chi connectivity index (χ1v) is 6.76. The minimum absolute atomic E-state index is 0.0933. The van der Waals surface area contributed by atoms with Gasteiger partial charge < -0.3 is 14.8 Å². The molecule has 0 saturated carbocycles. The quantitative estimate of drug-likeness (QED) is 0.886. The monoisotopic (exact) mass is 289 g/mol. The molecule has 21 heavy (non-hydrogen) atoms. The number of carboxylic acids is 1. The second-order valence-corrected chi connectivity index (χ2v) is 5.90. The van der Waals surface area contributed by atoms with Crippen LogP contribution in [0.5, 0.6) is 0 Å². The smallest absolute Gasteiger partial charge is 0.310 e. The van der Waals surface area contributed by atoms with Crippen LogP contribution in [0.1, 0.15) is 25.0 Å². The van der Waals surface area contributed by atoms with E-state index in [4.69, 9.17) is 9.52 Å². The van der Waals surface area contributed by atoms with Crippen molar-refractivity contribution in [2.75, 3.05) is 6.54 Å². The van der Waals surface area contributed by atoms with Crippen molar-refractivity contribution in [1.82, 2.24) is 5.32 Å². The number of amides is 1. The Hall–Kier alpha value is -2.30. The summed E-state index contributed by atoms with van der Waals surface area (Å²) in [6, 6.07) is 5.81. The molecule has 5 heteroatoms. The van der Waals surface area contributed by atoms with Crippen molar-refractivity contribution in [2.45, 2.75) is 27.2 Å². The Morgan fingerprint density at radius 3 is 2.71 bits per heavy atom. The number of carbonyl (C=O) groups is 2. The molecule has 1 heterocycles. The van der Waals surface area contributed by atoms with Gasteiger partial charge in [0.1, 0.15) is 5.58 Å². The van der Waals surface area contributed by atoms with Crippen molar-refractivity contribution in [1.29, 1.82) is 0 Å². The molecule has 0 atom stereocenters. The Labute approximate surface area is 122 Å². The van der Waals surface area contributed by atoms with E-state index in [-0.39, 0.29) is 18.9 Å². The largest absolute Gasteiger partial charge is 0.481 e. The summed E-state index contributed by atoms with van der Waals surface area (Å²) >= 11 is 0. The number of aliphatic carboxylic acids is 1. The highest BCUT2D eigenvalue weighted by molar-refractivity contribution is 5.88. The van der Waals surface area contributed by atoms with Gasteiger partial charge in [-0.15, -0.1) is 0 Å². The van der Waals surface area contributed by atoms with Crippen LogP contribution in [-0.2, 0) is 16.0 Å². The first-order chi connectivity index (χ1) is 9.79. The molecule has 0 aliphatic heterocycles. The summed E-state index contributed by atoms with van der Waals surface area (Å²) in [4.78, 5) is 22.9. The van der Waals surface area contributed by atoms with Gasteiger partial charge in [-0.25, -0.2) is 0 Å². The number of rotatable bonds is 5. The molecule has 0 unspecified atom stereocenters. The molecule has 2 N–H and O–H groups in total. The number of hydrogen-bond acceptors (Lipinski definition) is 3. The number of carbonyl (C=O) groups excluding carboxylic acids is 1. The topological polar surface area (TPSA) is 79.5 Å². The Morgan fingerprint density at radius 2 is 2.05 bits per heavy atom. The third kappa shape index (κ3) is 3.42. The summed E-state index contributed by atoms with van der Waals surface area (Å²) < 4.78 is 5.44. The van der Waals surface area contributed by atoms with Crippen LogP contribution in [0, 0.1) is 12.3 Å². The summed E-state index contributed by atoms with van der Waals surface area (Å²) in [5.41, 5.74) is 1.67. The van der Waals surface area contributed by atoms with Crippen molar-refractivity contribution in [3.8, 4) is 0 Å². The molecule has 1 aromatic heterocycles. The first kappa shape index (κ1) is 15.1. The van der Waals surface area contributed by atoms with Crippen LogP contribution in [0.3, 0.4) is 0 Å². The van der Waals surface area contributed by atoms with Crippen molar-refractivity contribution >= 4 is 22.8 Å². The predicted octanol–water partition coefficient (Wildman–Crippen LogP) is 2.51. The number of carboxylic acid groups (broad SMARTS) is 1. The van der Waals surface area contributed by atoms with Crippen LogP contribution in [-0.4, -0.2) is 23.5 Å². The molecular formula is C16H19NO4. The molecule has 0 aliphatic carbocycles. The molecule has 0 spiro atoms. The van der Waals surface area contributed by atoms with Crippen LogP contribution in [0.2, 0.25) is 0 Å². The molecular weight excluding hydrogens is 270 g/mol. The lowest BCUT2D eigenvalue weighted by atomic mass is 9.94. The maximum absolute atomic E-state index is 11.9. The van der Waals surface area contributed by atoms with Crippen LogP contribution >= 0.6 is 0 Å². The van der Waals surface area contributed by atoms with E-state index in [9.17, 15) is 9.59 Å². The fourth-order valence-corrected chi connectivity index (χ4v) is 1.96. The molecule has 0 aliphatic rings. The lowest BCUT2D eigenvalue weighted by molar-refractivity contribution is -0.146. The third-order valence-electron chi connectivity index (χ3n) is 3.47. The standard InChI is InChI=1S/C16H19NO4/c1-10-4-5-12-11(8-21-13(12)6-10)7-14(18)17-9-16(2,3)15(19)20/h4-6,8H,7,9H2,1-3H3,(H,17,18)(H,19,20). The second kappa shape index (κ2) is 5.60. The van der Waals surface area contributed by atoms with E-state index in [0.717, 1.165) is 22.1 Å². The molecule has 0 saturated heterocycles. The minimum atomic E-state index is -0.981. The van der Waals surface area contributed by atoms with Gasteiger partial charge in [-0.2, -0.15) is 0 Å². The fourth-order valence-electron chi connectivity index (χ4n) is 1.96. The van der Waals surface area contributed by atoms with Crippen LogP contribution in [0.15, 0.2) is 28.9 Å². The van der Waals surface area contributed by atoms with Crippen molar-refractivity contribution in [3.63, 3.8) is 0 Å². The molecule has 1 amide bonds. The van der Waals surface area contributed by atoms with Gasteiger partial charge >= 0.3 is 5.97 Å². The summed E-state index contributed by atoms with van der Waals surface area (Å²) in [6.07, 6.45) is 1.75. The van der Waals surface area contributed by atoms with Gasteiger partial charge in [0.05, 0.1) is 18.1 Å². The number of aryl methyl sites for hydroxylation is 1. The number of fused-ring (bicyclic) bond motifs is 1. The second-order valence-electron chi connectivity index (χ2n) is 5.90. The van der Waals surface area contributed by atoms with Crippen LogP contribution in [0.25, 0.3) is 11.0 Å². The van der Waals surface area contributed by atoms with Crippen molar-refractivity contribution in [2.24, 2.45) is 5.41 Å². The van der Waals surface area contributed by atoms with Gasteiger partial charge in [-0.1, -0.05) is 12.1 Å². The average Bonchev–Trinajstić information content (AvgIpc) is 2.78. The van der Waals surface area contributed by atoms with E-state index >= 15 is 0 Å². The van der Waals surface area contributed by atoms with Gasteiger partial charge in [-0.3, -0.25) is 9.59 Å². The SMILES string of the molecule is Cc1ccc2c(CC(=O)NCC(C)(C)C(=O)O)coc2c1. The number of furan rings is 1. The van der Waals surface area contributed by atoms with Gasteiger partial charge in [0.2, 0.25) is 5.91 Å². The summed E-state index contributed by atoms with van der Waals surface area (Å²) in [6.45, 7) is 5.22. The van der Waals surface area contributed by atoms with E-state index < -0.39 is 11.4 Å². The van der Waals surface area contributed by atoms with E-state index in [1.165, 1.54) is 0 Å². The maximum atomic E-state index is 11.9. The fraction of sp³-hybridized carbons (Fsp3) is 0.375. The number of nitrogens with one attached hydrogen (secondary N) is 1. The molecule has 2 aromatic rings. The predicted molar refractivity (Wildman–Crippen MR) is 79.1 cm³/mol. The number of benzene rings is 1. The van der Waals surface area contributed by atoms with Crippen LogP contribution in [0.4, 0.5) is 0 Å². The van der Waals surface area contributed by atoms with Crippen molar-refractivity contribution < 1.29 is 19.1 Å². The molecule has 1 aromatic carbocycles. The zero-order valence-electron chi connectivity index (χ0n) is 12.4. The van der Waals surface area contributed by atoms with E-state index in [0.29, 0.717) is 0 Å². The lowest BCUT2D eigenvalue weighted by Crippen LogP contribution is -2.39. The Morgan fingerprint density at radius 1 is 1.33 bits per heavy atom. The Kier molecular flexibility index (Phi) is 4.02.